The van der Waals surface area contributed by atoms with Gasteiger partial charge in [-0.1, -0.05) is 180 Å². The quantitative estimate of drug-likeness (QED) is 0.0226. The van der Waals surface area contributed by atoms with Crippen LogP contribution in [0.1, 0.15) is 206 Å². The Labute approximate surface area is 347 Å². The third kappa shape index (κ3) is 26.6. The highest BCUT2D eigenvalue weighted by molar-refractivity contribution is 5.80. The standard InChI is InChI=1S/C46H89NO10/c1-3-5-7-9-11-13-15-17-18-19-20-21-22-24-26-28-30-32-34-39(50)45(55)47-37(36-56-46-44(54)43(53)42(52)40(35-48)57-46)41(51)38(49)33-31-29-27-25-23-16-14-12-10-8-6-4-2/h25,27,37-44,46,48-54H,3-24,26,28-36H2,1-2H3,(H,47,55)/b27-25+. The summed E-state index contributed by atoms with van der Waals surface area (Å²) >= 11 is 0. The van der Waals surface area contributed by atoms with Crippen LogP contribution in [0.5, 0.6) is 0 Å². The van der Waals surface area contributed by atoms with Crippen LogP contribution < -0.4 is 5.32 Å². The van der Waals surface area contributed by atoms with Crippen LogP contribution in [0.3, 0.4) is 0 Å². The lowest BCUT2D eigenvalue weighted by atomic mass is 9.98. The fourth-order valence-electron chi connectivity index (χ4n) is 7.62. The minimum absolute atomic E-state index is 0.259. The van der Waals surface area contributed by atoms with Crippen LogP contribution >= 0.6 is 0 Å². The molecule has 8 N–H and O–H groups in total. The van der Waals surface area contributed by atoms with Crippen LogP contribution in [0.25, 0.3) is 0 Å². The normalized spacial score (nSPS) is 22.2. The summed E-state index contributed by atoms with van der Waals surface area (Å²) in [6, 6.07) is -1.18. The number of aliphatic hydroxyl groups excluding tert-OH is 7. The van der Waals surface area contributed by atoms with E-state index in [0.29, 0.717) is 12.8 Å². The van der Waals surface area contributed by atoms with Gasteiger partial charge in [-0.2, -0.15) is 0 Å². The minimum atomic E-state index is -1.66. The number of amides is 1. The molecule has 0 radical (unpaired) electrons. The van der Waals surface area contributed by atoms with Crippen molar-refractivity contribution >= 4 is 5.91 Å². The first-order valence-corrected chi connectivity index (χ1v) is 23.6. The Bertz CT molecular complexity index is 939. The first kappa shape index (κ1) is 53.9. The third-order valence-electron chi connectivity index (χ3n) is 11.6. The monoisotopic (exact) mass is 816 g/mol. The number of hydrogen-bond acceptors (Lipinski definition) is 10. The second kappa shape index (κ2) is 36.7. The number of rotatable bonds is 39. The molecule has 0 spiro atoms. The van der Waals surface area contributed by atoms with Crippen LogP contribution in [-0.2, 0) is 14.3 Å². The second-order valence-electron chi connectivity index (χ2n) is 16.8. The second-order valence-corrected chi connectivity index (χ2v) is 16.8. The molecule has 1 heterocycles. The number of unbranched alkanes of at least 4 members (excludes halogenated alkanes) is 25. The Balaban J connectivity index is 2.43. The maximum atomic E-state index is 13.1. The lowest BCUT2D eigenvalue weighted by Gasteiger charge is -2.40. The fourth-order valence-corrected chi connectivity index (χ4v) is 7.62. The zero-order chi connectivity index (χ0) is 41.9. The Hall–Kier alpha value is -1.15. The molecule has 1 aliphatic rings. The molecular weight excluding hydrogens is 727 g/mol. The van der Waals surface area contributed by atoms with Crippen molar-refractivity contribution in [1.29, 1.82) is 0 Å². The van der Waals surface area contributed by atoms with Gasteiger partial charge in [-0.05, 0) is 38.5 Å². The predicted molar refractivity (Wildman–Crippen MR) is 229 cm³/mol. The topological polar surface area (TPSA) is 189 Å². The number of aliphatic hydroxyl groups is 7. The van der Waals surface area contributed by atoms with Crippen LogP contribution in [0, 0.1) is 0 Å². The van der Waals surface area contributed by atoms with E-state index in [1.807, 2.05) is 0 Å². The van der Waals surface area contributed by atoms with Crippen LogP contribution in [-0.4, -0.2) is 110 Å². The van der Waals surface area contributed by atoms with Gasteiger partial charge >= 0.3 is 0 Å². The molecule has 0 aromatic rings. The van der Waals surface area contributed by atoms with E-state index in [0.717, 1.165) is 38.5 Å². The van der Waals surface area contributed by atoms with Gasteiger partial charge in [-0.3, -0.25) is 4.79 Å². The highest BCUT2D eigenvalue weighted by Gasteiger charge is 2.44. The fraction of sp³-hybridized carbons (Fsp3) is 0.935. The molecule has 338 valence electrons. The summed E-state index contributed by atoms with van der Waals surface area (Å²) in [5.41, 5.74) is 0. The van der Waals surface area contributed by atoms with Crippen LogP contribution in [0.2, 0.25) is 0 Å². The van der Waals surface area contributed by atoms with Crippen molar-refractivity contribution < 1.29 is 50.0 Å². The molecule has 1 fully saturated rings. The average Bonchev–Trinajstić information content (AvgIpc) is 3.21. The first-order valence-electron chi connectivity index (χ1n) is 23.6. The Morgan fingerprint density at radius 3 is 1.51 bits per heavy atom. The summed E-state index contributed by atoms with van der Waals surface area (Å²) in [6.07, 6.45) is 26.9. The summed E-state index contributed by atoms with van der Waals surface area (Å²) in [4.78, 5) is 13.1. The Morgan fingerprint density at radius 2 is 1.04 bits per heavy atom. The number of nitrogens with one attached hydrogen (secondary N) is 1. The average molecular weight is 816 g/mol. The van der Waals surface area contributed by atoms with E-state index >= 15 is 0 Å². The van der Waals surface area contributed by atoms with E-state index < -0.39 is 74.2 Å². The molecule has 1 rings (SSSR count). The lowest BCUT2D eigenvalue weighted by Crippen LogP contribution is -2.60. The van der Waals surface area contributed by atoms with E-state index in [4.69, 9.17) is 9.47 Å². The van der Waals surface area contributed by atoms with Crippen molar-refractivity contribution in [3.05, 3.63) is 12.2 Å². The zero-order valence-corrected chi connectivity index (χ0v) is 36.3. The molecule has 0 aliphatic carbocycles. The maximum absolute atomic E-state index is 13.1. The van der Waals surface area contributed by atoms with Crippen molar-refractivity contribution in [2.24, 2.45) is 0 Å². The highest BCUT2D eigenvalue weighted by Crippen LogP contribution is 2.23. The van der Waals surface area contributed by atoms with Crippen LogP contribution in [0.4, 0.5) is 0 Å². The molecule has 0 bridgehead atoms. The van der Waals surface area contributed by atoms with Gasteiger partial charge in [0.15, 0.2) is 6.29 Å². The summed E-state index contributed by atoms with van der Waals surface area (Å²) in [7, 11) is 0. The van der Waals surface area contributed by atoms with Gasteiger partial charge in [-0.15, -0.1) is 0 Å². The largest absolute Gasteiger partial charge is 0.394 e. The van der Waals surface area contributed by atoms with E-state index in [2.05, 4.69) is 31.3 Å². The van der Waals surface area contributed by atoms with Crippen LogP contribution in [0.15, 0.2) is 12.2 Å². The smallest absolute Gasteiger partial charge is 0.249 e. The summed E-state index contributed by atoms with van der Waals surface area (Å²) in [5.74, 6) is -0.705. The van der Waals surface area contributed by atoms with Gasteiger partial charge in [0.25, 0.3) is 0 Å². The molecule has 0 aromatic heterocycles. The Morgan fingerprint density at radius 1 is 0.596 bits per heavy atom. The number of ether oxygens (including phenoxy) is 2. The number of carbonyl (C=O) groups is 1. The predicted octanol–water partition coefficient (Wildman–Crippen LogP) is 7.67. The summed E-state index contributed by atoms with van der Waals surface area (Å²) in [6.45, 7) is 3.42. The van der Waals surface area contributed by atoms with E-state index in [9.17, 15) is 40.5 Å². The Kier molecular flexibility index (Phi) is 34.7. The number of hydrogen-bond donors (Lipinski definition) is 8. The van der Waals surface area contributed by atoms with Gasteiger partial charge < -0.3 is 50.5 Å². The molecular formula is C46H89NO10. The minimum Gasteiger partial charge on any atom is -0.394 e. The van der Waals surface area contributed by atoms with Gasteiger partial charge in [0, 0.05) is 0 Å². The van der Waals surface area contributed by atoms with Gasteiger partial charge in [-0.25, -0.2) is 0 Å². The first-order chi connectivity index (χ1) is 27.7. The molecule has 1 amide bonds. The molecule has 0 aromatic carbocycles. The summed E-state index contributed by atoms with van der Waals surface area (Å²) < 4.78 is 11.1. The summed E-state index contributed by atoms with van der Waals surface area (Å²) in [5, 5.41) is 75.6. The van der Waals surface area contributed by atoms with Crippen molar-refractivity contribution in [3.8, 4) is 0 Å². The molecule has 9 atom stereocenters. The molecule has 1 saturated heterocycles. The highest BCUT2D eigenvalue weighted by atomic mass is 16.7. The lowest BCUT2D eigenvalue weighted by molar-refractivity contribution is -0.303. The van der Waals surface area contributed by atoms with Crippen molar-refractivity contribution in [3.63, 3.8) is 0 Å². The van der Waals surface area contributed by atoms with Gasteiger partial charge in [0.2, 0.25) is 5.91 Å². The molecule has 11 nitrogen and oxygen atoms in total. The molecule has 9 unspecified atom stereocenters. The number of carbonyl (C=O) groups excluding carboxylic acids is 1. The zero-order valence-electron chi connectivity index (χ0n) is 36.3. The third-order valence-corrected chi connectivity index (χ3v) is 11.6. The van der Waals surface area contributed by atoms with Gasteiger partial charge in [0.05, 0.1) is 25.4 Å². The molecule has 11 heteroatoms. The molecule has 57 heavy (non-hydrogen) atoms. The van der Waals surface area contributed by atoms with Crippen molar-refractivity contribution in [2.75, 3.05) is 13.2 Å². The molecule has 1 aliphatic heterocycles. The van der Waals surface area contributed by atoms with E-state index in [1.165, 1.54) is 128 Å². The van der Waals surface area contributed by atoms with E-state index in [-0.39, 0.29) is 12.8 Å². The maximum Gasteiger partial charge on any atom is 0.249 e. The van der Waals surface area contributed by atoms with Crippen molar-refractivity contribution in [1.82, 2.24) is 5.32 Å². The van der Waals surface area contributed by atoms with Crippen molar-refractivity contribution in [2.45, 2.75) is 262 Å². The van der Waals surface area contributed by atoms with E-state index in [1.54, 1.807) is 0 Å². The molecule has 0 saturated carbocycles. The SMILES string of the molecule is CCCCCCCCC/C=C/CCCC(O)C(O)C(COC1OC(CO)C(O)C(O)C1O)NC(=O)C(O)CCCCCCCCCCCCCCCCCCCC. The van der Waals surface area contributed by atoms with Gasteiger partial charge in [0.1, 0.15) is 36.6 Å². The number of allylic oxidation sites excluding steroid dienone is 2.